The zero-order valence-electron chi connectivity index (χ0n) is 13.2. The molecule has 2 heterocycles. The van der Waals surface area contributed by atoms with E-state index < -0.39 is 10.0 Å². The summed E-state index contributed by atoms with van der Waals surface area (Å²) < 4.78 is 28.0. The highest BCUT2D eigenvalue weighted by Gasteiger charge is 2.20. The Morgan fingerprint density at radius 1 is 1.00 bits per heavy atom. The van der Waals surface area contributed by atoms with Gasteiger partial charge in [-0.1, -0.05) is 6.07 Å². The van der Waals surface area contributed by atoms with Gasteiger partial charge in [0.15, 0.2) is 0 Å². The Balaban J connectivity index is 1.66. The van der Waals surface area contributed by atoms with Gasteiger partial charge in [0.1, 0.15) is 0 Å². The van der Waals surface area contributed by atoms with Crippen LogP contribution in [0.1, 0.15) is 12.0 Å². The monoisotopic (exact) mass is 353 g/mol. The molecule has 2 aromatic carbocycles. The Morgan fingerprint density at radius 2 is 1.88 bits per heavy atom. The summed E-state index contributed by atoms with van der Waals surface area (Å²) >= 11 is 0. The van der Waals surface area contributed by atoms with Crippen LogP contribution >= 0.6 is 0 Å². The number of nitrogens with one attached hydrogen (secondary N) is 2. The lowest BCUT2D eigenvalue weighted by Gasteiger charge is -2.18. The van der Waals surface area contributed by atoms with Gasteiger partial charge in [0, 0.05) is 35.6 Å². The molecule has 1 aliphatic heterocycles. The number of carbonyl (C=O) groups is 1. The zero-order chi connectivity index (χ0) is 17.4. The molecule has 1 aliphatic rings. The van der Waals surface area contributed by atoms with Crippen LogP contribution in [-0.4, -0.2) is 19.3 Å². The van der Waals surface area contributed by atoms with Crippen LogP contribution in [0.5, 0.6) is 0 Å². The molecule has 2 N–H and O–H groups in total. The molecule has 1 aromatic heterocycles. The van der Waals surface area contributed by atoms with Crippen LogP contribution < -0.4 is 10.0 Å². The number of anilines is 2. The molecule has 0 fully saturated rings. The van der Waals surface area contributed by atoms with Crippen molar-refractivity contribution >= 4 is 38.1 Å². The second-order valence-corrected chi connectivity index (χ2v) is 7.59. The first-order valence-corrected chi connectivity index (χ1v) is 9.29. The van der Waals surface area contributed by atoms with E-state index >= 15 is 0 Å². The molecule has 25 heavy (non-hydrogen) atoms. The number of pyridine rings is 1. The van der Waals surface area contributed by atoms with Crippen molar-refractivity contribution in [3.63, 3.8) is 0 Å². The molecule has 6 nitrogen and oxygen atoms in total. The van der Waals surface area contributed by atoms with Crippen LogP contribution in [0.2, 0.25) is 0 Å². The topological polar surface area (TPSA) is 88.2 Å². The van der Waals surface area contributed by atoms with E-state index in [1.54, 1.807) is 36.7 Å². The van der Waals surface area contributed by atoms with E-state index in [9.17, 15) is 13.2 Å². The van der Waals surface area contributed by atoms with Gasteiger partial charge in [-0.3, -0.25) is 14.5 Å². The molecule has 126 valence electrons. The fourth-order valence-electron chi connectivity index (χ4n) is 2.89. The fraction of sp³-hybridized carbons (Fsp3) is 0.111. The summed E-state index contributed by atoms with van der Waals surface area (Å²) in [5.41, 5.74) is 1.99. The number of sulfonamides is 1. The third kappa shape index (κ3) is 3.06. The van der Waals surface area contributed by atoms with Gasteiger partial charge in [-0.05, 0) is 53.8 Å². The van der Waals surface area contributed by atoms with Crippen molar-refractivity contribution in [1.29, 1.82) is 0 Å². The zero-order valence-corrected chi connectivity index (χ0v) is 14.0. The van der Waals surface area contributed by atoms with E-state index in [1.165, 1.54) is 6.07 Å². The lowest BCUT2D eigenvalue weighted by molar-refractivity contribution is -0.116. The van der Waals surface area contributed by atoms with Crippen LogP contribution in [0.25, 0.3) is 10.8 Å². The Hall–Kier alpha value is -2.93. The third-order valence-corrected chi connectivity index (χ3v) is 5.55. The predicted molar refractivity (Wildman–Crippen MR) is 95.9 cm³/mol. The van der Waals surface area contributed by atoms with E-state index in [0.29, 0.717) is 24.2 Å². The second kappa shape index (κ2) is 5.86. The molecule has 7 heteroatoms. The molecular weight excluding hydrogens is 338 g/mol. The Kier molecular flexibility index (Phi) is 3.65. The van der Waals surface area contributed by atoms with E-state index in [1.807, 2.05) is 12.1 Å². The summed E-state index contributed by atoms with van der Waals surface area (Å²) in [5.74, 6) is -0.0492. The summed E-state index contributed by atoms with van der Waals surface area (Å²) in [6.07, 6.45) is 4.29. The lowest BCUT2D eigenvalue weighted by Crippen LogP contribution is -2.20. The largest absolute Gasteiger partial charge is 0.326 e. The van der Waals surface area contributed by atoms with Gasteiger partial charge in [-0.2, -0.15) is 0 Å². The minimum Gasteiger partial charge on any atom is -0.326 e. The van der Waals surface area contributed by atoms with Crippen LogP contribution in [0.15, 0.2) is 59.8 Å². The number of benzene rings is 2. The van der Waals surface area contributed by atoms with Gasteiger partial charge >= 0.3 is 0 Å². The maximum atomic E-state index is 12.7. The lowest BCUT2D eigenvalue weighted by atomic mass is 10.0. The molecule has 0 unspecified atom stereocenters. The highest BCUT2D eigenvalue weighted by molar-refractivity contribution is 7.92. The number of aryl methyl sites for hydroxylation is 1. The van der Waals surface area contributed by atoms with Crippen molar-refractivity contribution < 1.29 is 13.2 Å². The smallest absolute Gasteiger partial charge is 0.261 e. The first kappa shape index (κ1) is 15.6. The fourth-order valence-corrected chi connectivity index (χ4v) is 3.99. The standard InChI is InChI=1S/C18H15N3O3S/c22-18-6-2-13-10-16(4-5-17(13)20-18)25(23,24)21-15-3-1-14-11-19-8-7-12(14)9-15/h1,3-5,7-11,21H,2,6H2,(H,20,22). The van der Waals surface area contributed by atoms with Crippen LogP contribution in [-0.2, 0) is 21.2 Å². The number of aromatic nitrogens is 1. The highest BCUT2D eigenvalue weighted by atomic mass is 32.2. The number of carbonyl (C=O) groups excluding carboxylic acids is 1. The minimum atomic E-state index is -3.71. The number of nitrogens with zero attached hydrogens (tertiary/aromatic N) is 1. The Bertz CT molecular complexity index is 1090. The van der Waals surface area contributed by atoms with Crippen molar-refractivity contribution in [1.82, 2.24) is 4.98 Å². The first-order valence-electron chi connectivity index (χ1n) is 7.81. The third-order valence-electron chi connectivity index (χ3n) is 4.18. The molecular formula is C18H15N3O3S. The van der Waals surface area contributed by atoms with Gasteiger partial charge in [-0.25, -0.2) is 8.42 Å². The molecule has 0 atom stereocenters. The van der Waals surface area contributed by atoms with Gasteiger partial charge in [0.05, 0.1) is 4.90 Å². The molecule has 0 spiro atoms. The maximum absolute atomic E-state index is 12.7. The van der Waals surface area contributed by atoms with Crippen molar-refractivity contribution in [3.05, 3.63) is 60.4 Å². The molecule has 0 saturated carbocycles. The average molecular weight is 353 g/mol. The summed E-state index contributed by atoms with van der Waals surface area (Å²) in [4.78, 5) is 15.6. The second-order valence-electron chi connectivity index (χ2n) is 5.91. The summed E-state index contributed by atoms with van der Waals surface area (Å²) in [6, 6.07) is 11.9. The van der Waals surface area contributed by atoms with Gasteiger partial charge in [0.25, 0.3) is 10.0 Å². The van der Waals surface area contributed by atoms with Gasteiger partial charge in [-0.15, -0.1) is 0 Å². The van der Waals surface area contributed by atoms with Crippen molar-refractivity contribution in [2.45, 2.75) is 17.7 Å². The number of hydrogen-bond donors (Lipinski definition) is 2. The van der Waals surface area contributed by atoms with Gasteiger partial charge in [0.2, 0.25) is 5.91 Å². The van der Waals surface area contributed by atoms with E-state index in [4.69, 9.17) is 0 Å². The molecule has 3 aromatic rings. The van der Waals surface area contributed by atoms with Gasteiger partial charge < -0.3 is 5.32 Å². The maximum Gasteiger partial charge on any atom is 0.261 e. The summed E-state index contributed by atoms with van der Waals surface area (Å²) in [6.45, 7) is 0. The first-order chi connectivity index (χ1) is 12.0. The number of rotatable bonds is 3. The van der Waals surface area contributed by atoms with Crippen LogP contribution in [0.3, 0.4) is 0 Å². The van der Waals surface area contributed by atoms with E-state index in [-0.39, 0.29) is 10.8 Å². The van der Waals surface area contributed by atoms with Crippen molar-refractivity contribution in [2.24, 2.45) is 0 Å². The predicted octanol–water partition coefficient (Wildman–Crippen LogP) is 2.92. The van der Waals surface area contributed by atoms with Crippen LogP contribution in [0.4, 0.5) is 11.4 Å². The normalized spacial score (nSPS) is 14.0. The molecule has 0 aliphatic carbocycles. The highest BCUT2D eigenvalue weighted by Crippen LogP contribution is 2.27. The molecule has 0 radical (unpaired) electrons. The number of amides is 1. The molecule has 0 bridgehead atoms. The SMILES string of the molecule is O=C1CCc2cc(S(=O)(=O)Nc3ccc4cnccc4c3)ccc2N1. The Morgan fingerprint density at radius 3 is 2.76 bits per heavy atom. The van der Waals surface area contributed by atoms with Crippen LogP contribution in [0, 0.1) is 0 Å². The molecule has 0 saturated heterocycles. The molecule has 1 amide bonds. The number of hydrogen-bond acceptors (Lipinski definition) is 4. The quantitative estimate of drug-likeness (QED) is 0.758. The average Bonchev–Trinajstić information content (AvgIpc) is 2.60. The number of fused-ring (bicyclic) bond motifs is 2. The summed E-state index contributed by atoms with van der Waals surface area (Å²) in [7, 11) is -3.71. The summed E-state index contributed by atoms with van der Waals surface area (Å²) in [5, 5.41) is 4.59. The minimum absolute atomic E-state index is 0.0492. The molecule has 4 rings (SSSR count). The van der Waals surface area contributed by atoms with E-state index in [2.05, 4.69) is 15.0 Å². The van der Waals surface area contributed by atoms with Crippen molar-refractivity contribution in [3.8, 4) is 0 Å². The van der Waals surface area contributed by atoms with Crippen molar-refractivity contribution in [2.75, 3.05) is 10.0 Å². The van der Waals surface area contributed by atoms with E-state index in [0.717, 1.165) is 16.3 Å². The Labute approximate surface area is 145 Å².